The third kappa shape index (κ3) is 9.73. The van der Waals surface area contributed by atoms with Crippen LogP contribution in [0.2, 0.25) is 0 Å². The normalized spacial score (nSPS) is 18.7. The molecule has 1 aliphatic carbocycles. The van der Waals surface area contributed by atoms with Crippen molar-refractivity contribution in [3.8, 4) is 11.5 Å². The molecular formula is C36H20F34MnN2O2. The SMILES string of the molecule is Oc1ccc(C(F)(F)C(F)(F)C(F)(F)C(F)(F)C(F)(F)C(F)(F)C(F)(F)C(F)(F)F)cc1C=N[C@@H]1CCCC[C@H]1N=Cc1cc(C(F)(F)C(F)(F)C(F)(F)C(F)(F)C(F)(F)C(F)(F)C(F)(F)C(F)(F)F)ccc1O.[Mn]. The molecule has 0 unspecified atom stereocenters. The molecule has 0 saturated heterocycles. The van der Waals surface area contributed by atoms with Crippen molar-refractivity contribution in [3.05, 3.63) is 58.7 Å². The Morgan fingerprint density at radius 1 is 0.333 bits per heavy atom. The number of hydrogen-bond donors (Lipinski definition) is 2. The van der Waals surface area contributed by atoms with Gasteiger partial charge in [0.05, 0.1) is 12.1 Å². The van der Waals surface area contributed by atoms with E-state index in [-0.39, 0.29) is 67.3 Å². The monoisotopic (exact) mass is 1210 g/mol. The molecule has 3 rings (SSSR count). The molecule has 2 atom stereocenters. The van der Waals surface area contributed by atoms with Crippen molar-refractivity contribution in [1.82, 2.24) is 0 Å². The number of nitrogens with zero attached hydrogens (tertiary/aromatic N) is 2. The molecule has 39 heteroatoms. The van der Waals surface area contributed by atoms with E-state index in [1.165, 1.54) is 0 Å². The molecule has 0 spiro atoms. The quantitative estimate of drug-likeness (QED) is 0.0887. The number of phenolic OH excluding ortho intramolecular Hbond substituents is 2. The van der Waals surface area contributed by atoms with Crippen molar-refractivity contribution < 1.29 is 177 Å². The summed E-state index contributed by atoms with van der Waals surface area (Å²) in [5, 5.41) is 20.1. The first-order chi connectivity index (χ1) is 32.4. The fourth-order valence-corrected chi connectivity index (χ4v) is 6.19. The van der Waals surface area contributed by atoms with Crippen LogP contribution in [0.1, 0.15) is 47.9 Å². The van der Waals surface area contributed by atoms with Crippen molar-refractivity contribution in [3.63, 3.8) is 0 Å². The van der Waals surface area contributed by atoms with Crippen molar-refractivity contribution in [2.45, 2.75) is 133 Å². The molecule has 75 heavy (non-hydrogen) atoms. The first kappa shape index (κ1) is 66.6. The maximum Gasteiger partial charge on any atom is 0.460 e. The molecule has 1 saturated carbocycles. The van der Waals surface area contributed by atoms with Crippen molar-refractivity contribution in [2.75, 3.05) is 0 Å². The predicted molar refractivity (Wildman–Crippen MR) is 177 cm³/mol. The average Bonchev–Trinajstić information content (AvgIpc) is 3.24. The van der Waals surface area contributed by atoms with E-state index < -0.39 is 165 Å². The van der Waals surface area contributed by atoms with E-state index in [0.717, 1.165) is 0 Å². The number of halogens is 34. The fraction of sp³-hybridized carbons (Fsp3) is 0.611. The van der Waals surface area contributed by atoms with E-state index in [4.69, 9.17) is 0 Å². The van der Waals surface area contributed by atoms with Crippen LogP contribution in [0.5, 0.6) is 11.5 Å². The van der Waals surface area contributed by atoms with Gasteiger partial charge >= 0.3 is 95.3 Å². The predicted octanol–water partition coefficient (Wildman–Crippen LogP) is 14.9. The molecule has 1 radical (unpaired) electrons. The molecule has 1 fully saturated rings. The summed E-state index contributed by atoms with van der Waals surface area (Å²) in [5.41, 5.74) is -8.48. The van der Waals surface area contributed by atoms with Gasteiger partial charge in [-0.3, -0.25) is 9.98 Å². The fourth-order valence-electron chi connectivity index (χ4n) is 6.19. The number of phenols is 2. The van der Waals surface area contributed by atoms with Gasteiger partial charge in [-0.25, -0.2) is 0 Å². The standard InChI is InChI=1S/C36H20F34N2O2.Mn/c37-21(38,23(41,42)25(45,46)27(49,50)29(53,54)31(57,58)33(61,62)35(65,66)67)15-5-7-19(73)13(9-15)11-71-17-3-1-2-4-18(17)72-12-14-10-16(6-8-20(14)74)22(39,40)24(43,44)26(47,48)28(51,52)30(55,56)32(59,60)34(63,64)36(68,69)70;/h5-12,17-18,73-74H,1-4H2;/t17-,18-;/m1./s1. The minimum Gasteiger partial charge on any atom is -0.507 e. The molecule has 0 aliphatic heterocycles. The van der Waals surface area contributed by atoms with Gasteiger partial charge in [-0.1, -0.05) is 12.8 Å². The summed E-state index contributed by atoms with van der Waals surface area (Å²) in [6.07, 6.45) is -16.7. The van der Waals surface area contributed by atoms with Gasteiger partial charge in [0.15, 0.2) is 0 Å². The molecule has 1 aliphatic rings. The summed E-state index contributed by atoms with van der Waals surface area (Å²) in [4.78, 5) is 7.21. The van der Waals surface area contributed by atoms with Crippen LogP contribution in [0.4, 0.5) is 149 Å². The van der Waals surface area contributed by atoms with Gasteiger partial charge in [-0.05, 0) is 49.2 Å². The molecule has 431 valence electrons. The third-order valence-electron chi connectivity index (χ3n) is 10.7. The van der Waals surface area contributed by atoms with Gasteiger partial charge in [0.1, 0.15) is 11.5 Å². The number of rotatable bonds is 18. The first-order valence-corrected chi connectivity index (χ1v) is 18.6. The van der Waals surface area contributed by atoms with Gasteiger partial charge in [-0.15, -0.1) is 0 Å². The second-order valence-electron chi connectivity index (χ2n) is 15.6. The van der Waals surface area contributed by atoms with Gasteiger partial charge < -0.3 is 10.2 Å². The zero-order chi connectivity index (χ0) is 58.5. The van der Waals surface area contributed by atoms with Crippen LogP contribution < -0.4 is 0 Å². The second kappa shape index (κ2) is 19.5. The van der Waals surface area contributed by atoms with E-state index >= 15 is 17.6 Å². The molecule has 2 aromatic rings. The molecule has 0 aromatic heterocycles. The van der Waals surface area contributed by atoms with Crippen LogP contribution in [0.3, 0.4) is 0 Å². The zero-order valence-electron chi connectivity index (χ0n) is 34.6. The van der Waals surface area contributed by atoms with Crippen LogP contribution in [0, 0.1) is 0 Å². The van der Waals surface area contributed by atoms with Gasteiger partial charge in [0, 0.05) is 51.8 Å². The van der Waals surface area contributed by atoms with Crippen LogP contribution in [-0.4, -0.2) is 118 Å². The number of benzene rings is 2. The summed E-state index contributed by atoms with van der Waals surface area (Å²) in [6, 6.07) is -6.01. The maximum absolute atomic E-state index is 15.0. The summed E-state index contributed by atoms with van der Waals surface area (Å²) in [7, 11) is 0. The van der Waals surface area contributed by atoms with Gasteiger partial charge in [-0.2, -0.15) is 149 Å². The largest absolute Gasteiger partial charge is 0.507 e. The Hall–Kier alpha value is -4.48. The van der Waals surface area contributed by atoms with E-state index in [9.17, 15) is 142 Å². The maximum atomic E-state index is 15.0. The molecule has 0 amide bonds. The van der Waals surface area contributed by atoms with Crippen molar-refractivity contribution >= 4 is 12.4 Å². The van der Waals surface area contributed by atoms with Crippen molar-refractivity contribution in [1.29, 1.82) is 0 Å². The van der Waals surface area contributed by atoms with Crippen LogP contribution >= 0.6 is 0 Å². The molecular weight excluding hydrogens is 1190 g/mol. The number of alkyl halides is 34. The Balaban J connectivity index is 0.0000193. The summed E-state index contributed by atoms with van der Waals surface area (Å²) >= 11 is 0. The van der Waals surface area contributed by atoms with E-state index in [1.807, 2.05) is 0 Å². The first-order valence-electron chi connectivity index (χ1n) is 18.6. The minimum absolute atomic E-state index is 0. The number of hydrogen-bond acceptors (Lipinski definition) is 4. The number of aliphatic imine (C=N–C) groups is 2. The molecule has 0 bridgehead atoms. The Morgan fingerprint density at radius 2 is 0.547 bits per heavy atom. The molecule has 2 N–H and O–H groups in total. The van der Waals surface area contributed by atoms with E-state index in [2.05, 4.69) is 9.98 Å². The Kier molecular flexibility index (Phi) is 17.3. The summed E-state index contributed by atoms with van der Waals surface area (Å²) in [5.74, 6) is -121. The van der Waals surface area contributed by atoms with Gasteiger partial charge in [0.2, 0.25) is 0 Å². The summed E-state index contributed by atoms with van der Waals surface area (Å²) in [6.45, 7) is 0. The minimum atomic E-state index is -8.96. The Bertz CT molecular complexity index is 2260. The smallest absolute Gasteiger partial charge is 0.460 e. The van der Waals surface area contributed by atoms with E-state index in [1.54, 1.807) is 0 Å². The van der Waals surface area contributed by atoms with Crippen LogP contribution in [-0.2, 0) is 28.9 Å². The Labute approximate surface area is 402 Å². The topological polar surface area (TPSA) is 65.2 Å². The molecule has 4 nitrogen and oxygen atoms in total. The average molecular weight is 1210 g/mol. The van der Waals surface area contributed by atoms with Gasteiger partial charge in [0.25, 0.3) is 0 Å². The third-order valence-corrected chi connectivity index (χ3v) is 10.7. The number of aromatic hydroxyl groups is 2. The molecule has 2 aromatic carbocycles. The van der Waals surface area contributed by atoms with Crippen LogP contribution in [0.25, 0.3) is 0 Å². The summed E-state index contributed by atoms with van der Waals surface area (Å²) < 4.78 is 470. The molecule has 0 heterocycles. The zero-order valence-corrected chi connectivity index (χ0v) is 35.8. The second-order valence-corrected chi connectivity index (χ2v) is 15.6. The van der Waals surface area contributed by atoms with E-state index in [0.29, 0.717) is 0 Å². The van der Waals surface area contributed by atoms with Crippen LogP contribution in [0.15, 0.2) is 46.4 Å². The Morgan fingerprint density at radius 3 is 0.773 bits per heavy atom. The van der Waals surface area contributed by atoms with Crippen molar-refractivity contribution in [2.24, 2.45) is 9.98 Å².